The number of thiazole rings is 1. The number of hydrogen-bond acceptors (Lipinski definition) is 9. The van der Waals surface area contributed by atoms with Crippen LogP contribution in [-0.2, 0) is 9.53 Å². The molecular weight excluding hydrogens is 510 g/mol. The molecule has 0 saturated heterocycles. The number of nitro benzene ring substituents is 1. The summed E-state index contributed by atoms with van der Waals surface area (Å²) in [5.74, 6) is -1.72. The average molecular weight is 532 g/mol. The summed E-state index contributed by atoms with van der Waals surface area (Å²) in [4.78, 5) is 42.3. The molecule has 3 aromatic carbocycles. The third kappa shape index (κ3) is 4.12. The van der Waals surface area contributed by atoms with Crippen molar-refractivity contribution in [1.82, 2.24) is 4.57 Å². The topological polar surface area (TPSA) is 144 Å². The Morgan fingerprint density at radius 2 is 1.92 bits per heavy atom. The van der Waals surface area contributed by atoms with E-state index in [0.29, 0.717) is 16.1 Å². The largest absolute Gasteiger partial charge is 0.507 e. The van der Waals surface area contributed by atoms with Crippen LogP contribution >= 0.6 is 11.3 Å². The van der Waals surface area contributed by atoms with Gasteiger partial charge in [-0.2, -0.15) is 0 Å². The number of fused-ring (bicyclic) bond motifs is 2. The van der Waals surface area contributed by atoms with Crippen molar-refractivity contribution in [2.45, 2.75) is 19.9 Å². The molecule has 2 N–H and O–H groups in total. The summed E-state index contributed by atoms with van der Waals surface area (Å²) in [6.45, 7) is 3.51. The molecule has 11 heteroatoms. The highest BCUT2D eigenvalue weighted by molar-refractivity contribution is 7.07. The van der Waals surface area contributed by atoms with Crippen LogP contribution in [-0.4, -0.2) is 32.3 Å². The lowest BCUT2D eigenvalue weighted by atomic mass is 9.91. The first-order valence-corrected chi connectivity index (χ1v) is 12.4. The minimum atomic E-state index is -0.846. The van der Waals surface area contributed by atoms with Crippen molar-refractivity contribution in [3.05, 3.63) is 107 Å². The van der Waals surface area contributed by atoms with Gasteiger partial charge in [-0.3, -0.25) is 19.5 Å². The highest BCUT2D eigenvalue weighted by Crippen LogP contribution is 2.35. The molecular formula is C27H21N3O7S. The van der Waals surface area contributed by atoms with Gasteiger partial charge < -0.3 is 14.9 Å². The van der Waals surface area contributed by atoms with Crippen LogP contribution in [0.5, 0.6) is 11.5 Å². The maximum absolute atomic E-state index is 13.8. The fourth-order valence-electron chi connectivity index (χ4n) is 4.56. The maximum Gasteiger partial charge on any atom is 0.338 e. The predicted octanol–water partition coefficient (Wildman–Crippen LogP) is 3.27. The molecule has 0 saturated carbocycles. The van der Waals surface area contributed by atoms with Crippen molar-refractivity contribution in [3.63, 3.8) is 0 Å². The number of carbonyl (C=O) groups excluding carboxylic acids is 1. The molecule has 1 atom stereocenters. The zero-order chi connectivity index (χ0) is 27.1. The molecule has 4 aromatic rings. The van der Waals surface area contributed by atoms with Gasteiger partial charge in [0, 0.05) is 17.7 Å². The summed E-state index contributed by atoms with van der Waals surface area (Å²) in [6.07, 6.45) is 1.30. The van der Waals surface area contributed by atoms with E-state index in [9.17, 15) is 29.9 Å². The van der Waals surface area contributed by atoms with Gasteiger partial charge in [0.2, 0.25) is 0 Å². The second kappa shape index (κ2) is 9.60. The summed E-state index contributed by atoms with van der Waals surface area (Å²) < 4.78 is 6.87. The maximum atomic E-state index is 13.8. The Balaban J connectivity index is 1.80. The smallest absolute Gasteiger partial charge is 0.338 e. The second-order valence-electron chi connectivity index (χ2n) is 8.53. The minimum absolute atomic E-state index is 0.0252. The van der Waals surface area contributed by atoms with Crippen molar-refractivity contribution in [2.24, 2.45) is 4.99 Å². The lowest BCUT2D eigenvalue weighted by Gasteiger charge is -2.25. The number of aromatic hydroxyl groups is 2. The number of ether oxygens (including phenoxy) is 1. The number of benzene rings is 3. The van der Waals surface area contributed by atoms with E-state index in [1.807, 2.05) is 42.5 Å². The number of hydrogen-bond donors (Lipinski definition) is 2. The van der Waals surface area contributed by atoms with Gasteiger partial charge >= 0.3 is 11.7 Å². The molecule has 2 heterocycles. The zero-order valence-electron chi connectivity index (χ0n) is 20.2. The number of allylic oxidation sites excluding steroid dienone is 1. The van der Waals surface area contributed by atoms with Crippen LogP contribution in [0, 0.1) is 10.1 Å². The third-order valence-electron chi connectivity index (χ3n) is 6.24. The van der Waals surface area contributed by atoms with Gasteiger partial charge in [0.15, 0.2) is 10.6 Å². The molecule has 0 bridgehead atoms. The van der Waals surface area contributed by atoms with E-state index in [1.54, 1.807) is 13.8 Å². The molecule has 0 spiro atoms. The SMILES string of the molecule is CCOC(=O)C1=C(C)N=c2s/c(=C\c3cc([N+](=O)[O-])c(O)cc3O)c(=O)n2[C@@H]1c1cccc2ccccc12. The van der Waals surface area contributed by atoms with E-state index in [2.05, 4.69) is 4.99 Å². The molecule has 0 fully saturated rings. The average Bonchev–Trinajstić information content (AvgIpc) is 3.18. The quantitative estimate of drug-likeness (QED) is 0.228. The molecule has 0 aliphatic carbocycles. The molecule has 10 nitrogen and oxygen atoms in total. The number of nitrogens with zero attached hydrogens (tertiary/aromatic N) is 3. The Labute approximate surface area is 218 Å². The van der Waals surface area contributed by atoms with Crippen LogP contribution in [0.2, 0.25) is 0 Å². The van der Waals surface area contributed by atoms with E-state index in [1.165, 1.54) is 10.6 Å². The molecule has 1 aromatic heterocycles. The van der Waals surface area contributed by atoms with Crippen molar-refractivity contribution >= 4 is 39.8 Å². The van der Waals surface area contributed by atoms with Gasteiger partial charge in [0.25, 0.3) is 5.56 Å². The highest BCUT2D eigenvalue weighted by Gasteiger charge is 2.34. The van der Waals surface area contributed by atoms with Crippen molar-refractivity contribution in [3.8, 4) is 11.5 Å². The molecule has 0 amide bonds. The van der Waals surface area contributed by atoms with Gasteiger partial charge in [-0.05, 0) is 36.3 Å². The molecule has 192 valence electrons. The second-order valence-corrected chi connectivity index (χ2v) is 9.54. The standard InChI is InChI=1S/C27H21N3O7S/c1-3-37-26(34)23-14(2)28-27-29(24(23)18-10-6-8-15-7-4-5-9-17(15)18)25(33)22(38-27)12-16-11-19(30(35)36)21(32)13-20(16)31/h4-13,24,31-32H,3H2,1-2H3/b22-12-/t24-/m1/s1. The summed E-state index contributed by atoms with van der Waals surface area (Å²) in [7, 11) is 0. The highest BCUT2D eigenvalue weighted by atomic mass is 32.1. The molecule has 1 aliphatic rings. The molecule has 38 heavy (non-hydrogen) atoms. The van der Waals surface area contributed by atoms with Crippen molar-refractivity contribution in [1.29, 1.82) is 0 Å². The number of nitro groups is 1. The molecule has 0 radical (unpaired) electrons. The van der Waals surface area contributed by atoms with E-state index >= 15 is 0 Å². The number of phenolic OH excluding ortho intramolecular Hbond substituents is 2. The van der Waals surface area contributed by atoms with Crippen molar-refractivity contribution in [2.75, 3.05) is 6.61 Å². The predicted molar refractivity (Wildman–Crippen MR) is 141 cm³/mol. The first-order chi connectivity index (χ1) is 18.2. The van der Waals surface area contributed by atoms with E-state index in [0.717, 1.165) is 34.2 Å². The van der Waals surface area contributed by atoms with Gasteiger partial charge in [-0.1, -0.05) is 53.8 Å². The van der Waals surface area contributed by atoms with Crippen LogP contribution in [0.3, 0.4) is 0 Å². The van der Waals surface area contributed by atoms with E-state index < -0.39 is 39.7 Å². The lowest BCUT2D eigenvalue weighted by molar-refractivity contribution is -0.385. The van der Waals surface area contributed by atoms with Crippen molar-refractivity contribution < 1.29 is 24.7 Å². The van der Waals surface area contributed by atoms with E-state index in [-0.39, 0.29) is 22.3 Å². The normalized spacial score (nSPS) is 15.3. The van der Waals surface area contributed by atoms with Crippen LogP contribution in [0.4, 0.5) is 5.69 Å². The Hall–Kier alpha value is -4.77. The lowest BCUT2D eigenvalue weighted by Crippen LogP contribution is -2.40. The molecule has 0 unspecified atom stereocenters. The summed E-state index contributed by atoms with van der Waals surface area (Å²) >= 11 is 1.02. The molecule has 1 aliphatic heterocycles. The third-order valence-corrected chi connectivity index (χ3v) is 7.23. The first kappa shape index (κ1) is 24.9. The van der Waals surface area contributed by atoms with Crippen LogP contribution in [0.1, 0.15) is 31.0 Å². The zero-order valence-corrected chi connectivity index (χ0v) is 21.1. The number of aromatic nitrogens is 1. The Bertz CT molecular complexity index is 1850. The monoisotopic (exact) mass is 531 g/mol. The van der Waals surface area contributed by atoms with Gasteiger partial charge in [-0.25, -0.2) is 9.79 Å². The van der Waals surface area contributed by atoms with Gasteiger partial charge in [-0.15, -0.1) is 0 Å². The number of phenols is 2. The Morgan fingerprint density at radius 1 is 1.18 bits per heavy atom. The van der Waals surface area contributed by atoms with Crippen LogP contribution < -0.4 is 14.9 Å². The van der Waals surface area contributed by atoms with Gasteiger partial charge in [0.1, 0.15) is 5.75 Å². The number of rotatable bonds is 5. The minimum Gasteiger partial charge on any atom is -0.507 e. The van der Waals surface area contributed by atoms with E-state index in [4.69, 9.17) is 4.74 Å². The Kier molecular flexibility index (Phi) is 6.29. The fourth-order valence-corrected chi connectivity index (χ4v) is 5.60. The van der Waals surface area contributed by atoms with Crippen LogP contribution in [0.25, 0.3) is 16.8 Å². The summed E-state index contributed by atoms with van der Waals surface area (Å²) in [5.41, 5.74) is 0.189. The Morgan fingerprint density at radius 3 is 2.66 bits per heavy atom. The summed E-state index contributed by atoms with van der Waals surface area (Å²) in [5, 5.41) is 33.2. The number of esters is 1. The van der Waals surface area contributed by atoms with Gasteiger partial charge in [0.05, 0.1) is 33.4 Å². The first-order valence-electron chi connectivity index (χ1n) is 11.6. The van der Waals surface area contributed by atoms with Crippen LogP contribution in [0.15, 0.2) is 75.7 Å². The molecule has 5 rings (SSSR count). The fraction of sp³-hybridized carbons (Fsp3) is 0.148. The number of carbonyl (C=O) groups is 1. The summed E-state index contributed by atoms with van der Waals surface area (Å²) in [6, 6.07) is 14.2.